The molecule has 11 nitrogen and oxygen atoms in total. The highest BCUT2D eigenvalue weighted by molar-refractivity contribution is 6.76. The van der Waals surface area contributed by atoms with Crippen molar-refractivity contribution in [2.45, 2.75) is 90.1 Å². The maximum absolute atomic E-state index is 14.4. The fourth-order valence-corrected chi connectivity index (χ4v) is 7.73. The van der Waals surface area contributed by atoms with E-state index >= 15 is 0 Å². The van der Waals surface area contributed by atoms with Crippen LogP contribution in [0.1, 0.15) is 40.0 Å². The van der Waals surface area contributed by atoms with Crippen molar-refractivity contribution in [1.29, 1.82) is 0 Å². The van der Waals surface area contributed by atoms with Crippen LogP contribution in [0, 0.1) is 0 Å². The fourth-order valence-electron chi connectivity index (χ4n) is 6.66. The molecule has 2 unspecified atom stereocenters. The first-order valence-electron chi connectivity index (χ1n) is 16.2. The van der Waals surface area contributed by atoms with Gasteiger partial charge in [-0.3, -0.25) is 14.0 Å². The third kappa shape index (κ3) is 6.31. The van der Waals surface area contributed by atoms with E-state index < -0.39 is 13.7 Å². The molecule has 2 atom stereocenters. The highest BCUT2D eigenvalue weighted by atomic mass is 35.5. The molecule has 2 aliphatic rings. The number of hydrogen-bond acceptors (Lipinski definition) is 7. The highest BCUT2D eigenvalue weighted by Gasteiger charge is 2.41. The Balaban J connectivity index is 1.43. The molecule has 5 heterocycles. The molecule has 0 radical (unpaired) electrons. The Kier molecular flexibility index (Phi) is 8.52. The standard InChI is InChI=1S/C33H46ClN7O4Si/c1-33(2,3)45-32(43)39-14-13-21-9-10-22(17-39)41(21)31-35-29-27(30(42)38(31)5)24(19-40(29)20-44-15-16-46(6,7)8)23-11-12-26-25(28(23)34)18-37(4)36-26/h11-12,18-19,21-22H,9-10,13-17,20H2,1-8H3. The van der Waals surface area contributed by atoms with Crippen LogP contribution in [0.3, 0.4) is 0 Å². The van der Waals surface area contributed by atoms with Crippen molar-refractivity contribution in [3.05, 3.63) is 39.9 Å². The summed E-state index contributed by atoms with van der Waals surface area (Å²) in [6.07, 6.45) is 6.20. The van der Waals surface area contributed by atoms with Crippen molar-refractivity contribution in [2.75, 3.05) is 24.6 Å². The molecule has 2 aliphatic heterocycles. The highest BCUT2D eigenvalue weighted by Crippen LogP contribution is 2.39. The summed E-state index contributed by atoms with van der Waals surface area (Å²) in [5, 5.41) is 6.37. The molecule has 0 aliphatic carbocycles. The largest absolute Gasteiger partial charge is 0.444 e. The van der Waals surface area contributed by atoms with Crippen molar-refractivity contribution in [3.8, 4) is 11.1 Å². The smallest absolute Gasteiger partial charge is 0.410 e. The quantitative estimate of drug-likeness (QED) is 0.170. The SMILES string of the molecule is Cn1cc2c(Cl)c(-c3cn(COCC[Si](C)(C)C)c4nc(N5C6CCC5CN(C(=O)OC(C)(C)C)CC6)n(C)c(=O)c34)ccc2n1. The van der Waals surface area contributed by atoms with E-state index in [2.05, 4.69) is 29.6 Å². The summed E-state index contributed by atoms with van der Waals surface area (Å²) in [7, 11) is 2.37. The van der Waals surface area contributed by atoms with Crippen molar-refractivity contribution >= 4 is 53.7 Å². The molecule has 0 N–H and O–H groups in total. The first-order valence-corrected chi connectivity index (χ1v) is 20.3. The van der Waals surface area contributed by atoms with Gasteiger partial charge in [-0.2, -0.15) is 10.1 Å². The molecule has 3 aromatic heterocycles. The predicted octanol–water partition coefficient (Wildman–Crippen LogP) is 6.23. The molecule has 6 rings (SSSR count). The molecule has 1 amide bonds. The van der Waals surface area contributed by atoms with Crippen LogP contribution in [-0.4, -0.2) is 80.3 Å². The van der Waals surface area contributed by atoms with Crippen LogP contribution in [0.4, 0.5) is 10.7 Å². The van der Waals surface area contributed by atoms with E-state index in [1.165, 1.54) is 0 Å². The molecule has 2 saturated heterocycles. The molecule has 2 fully saturated rings. The third-order valence-corrected chi connectivity index (χ3v) is 11.1. The maximum atomic E-state index is 14.4. The van der Waals surface area contributed by atoms with Crippen LogP contribution in [-0.2, 0) is 30.3 Å². The lowest BCUT2D eigenvalue weighted by Crippen LogP contribution is -2.44. The van der Waals surface area contributed by atoms with Crippen LogP contribution in [0.5, 0.6) is 0 Å². The van der Waals surface area contributed by atoms with Crippen molar-refractivity contribution in [1.82, 2.24) is 28.8 Å². The molecule has 248 valence electrons. The van der Waals surface area contributed by atoms with Crippen LogP contribution < -0.4 is 10.5 Å². The average molecular weight is 668 g/mol. The molecular formula is C33H46ClN7O4Si. The van der Waals surface area contributed by atoms with Gasteiger partial charge in [0.15, 0.2) is 5.65 Å². The van der Waals surface area contributed by atoms with Crippen LogP contribution in [0.25, 0.3) is 33.1 Å². The number of fused-ring (bicyclic) bond motifs is 4. The lowest BCUT2D eigenvalue weighted by Gasteiger charge is -2.31. The monoisotopic (exact) mass is 667 g/mol. The number of amides is 1. The van der Waals surface area contributed by atoms with Gasteiger partial charge in [0, 0.05) is 82.9 Å². The molecule has 1 aromatic carbocycles. The Labute approximate surface area is 276 Å². The first kappa shape index (κ1) is 32.6. The van der Waals surface area contributed by atoms with Crippen LogP contribution in [0.2, 0.25) is 30.7 Å². The number of likely N-dealkylation sites (tertiary alicyclic amines) is 1. The number of nitrogens with zero attached hydrogens (tertiary/aromatic N) is 7. The van der Waals surface area contributed by atoms with E-state index in [9.17, 15) is 9.59 Å². The number of carbonyl (C=O) groups is 1. The molecule has 4 aromatic rings. The Morgan fingerprint density at radius 2 is 1.80 bits per heavy atom. The van der Waals surface area contributed by atoms with Gasteiger partial charge in [0.05, 0.1) is 15.9 Å². The summed E-state index contributed by atoms with van der Waals surface area (Å²) >= 11 is 7.00. The van der Waals surface area contributed by atoms with Crippen LogP contribution >= 0.6 is 11.6 Å². The van der Waals surface area contributed by atoms with Gasteiger partial charge in [-0.15, -0.1) is 0 Å². The van der Waals surface area contributed by atoms with Gasteiger partial charge in [-0.05, 0) is 52.1 Å². The van der Waals surface area contributed by atoms with Gasteiger partial charge in [0.2, 0.25) is 5.95 Å². The number of aryl methyl sites for hydroxylation is 1. The zero-order valence-electron chi connectivity index (χ0n) is 28.3. The van der Waals surface area contributed by atoms with Gasteiger partial charge in [0.25, 0.3) is 5.56 Å². The molecular weight excluding hydrogens is 622 g/mol. The van der Waals surface area contributed by atoms with E-state index in [1.54, 1.807) is 16.3 Å². The zero-order chi connectivity index (χ0) is 33.1. The Bertz CT molecular complexity index is 1850. The van der Waals surface area contributed by atoms with E-state index in [4.69, 9.17) is 26.1 Å². The van der Waals surface area contributed by atoms with Gasteiger partial charge < -0.3 is 23.8 Å². The maximum Gasteiger partial charge on any atom is 0.410 e. The second-order valence-corrected chi connectivity index (χ2v) is 21.0. The average Bonchev–Trinajstić information content (AvgIpc) is 3.59. The second-order valence-electron chi connectivity index (χ2n) is 15.0. The van der Waals surface area contributed by atoms with Gasteiger partial charge in [-0.1, -0.05) is 37.3 Å². The number of anilines is 1. The van der Waals surface area contributed by atoms with Crippen molar-refractivity contribution in [3.63, 3.8) is 0 Å². The summed E-state index contributed by atoms with van der Waals surface area (Å²) in [4.78, 5) is 36.7. The van der Waals surface area contributed by atoms with Crippen LogP contribution in [0.15, 0.2) is 29.3 Å². The second kappa shape index (κ2) is 12.0. The van der Waals surface area contributed by atoms with Crippen molar-refractivity contribution < 1.29 is 14.3 Å². The van der Waals surface area contributed by atoms with Crippen molar-refractivity contribution in [2.24, 2.45) is 14.1 Å². The van der Waals surface area contributed by atoms with Gasteiger partial charge >= 0.3 is 6.09 Å². The molecule has 13 heteroatoms. The van der Waals surface area contributed by atoms with E-state index in [1.807, 2.05) is 61.8 Å². The minimum absolute atomic E-state index is 0.0221. The fraction of sp³-hybridized carbons (Fsp3) is 0.576. The minimum Gasteiger partial charge on any atom is -0.444 e. The predicted molar refractivity (Wildman–Crippen MR) is 186 cm³/mol. The van der Waals surface area contributed by atoms with Gasteiger partial charge in [0.1, 0.15) is 12.3 Å². The summed E-state index contributed by atoms with van der Waals surface area (Å²) in [5.41, 5.74) is 2.11. The zero-order valence-corrected chi connectivity index (χ0v) is 30.0. The number of carbonyl (C=O) groups excluding carboxylic acids is 1. The number of ether oxygens (including phenoxy) is 2. The number of aromatic nitrogens is 5. The minimum atomic E-state index is -1.29. The number of rotatable bonds is 7. The summed E-state index contributed by atoms with van der Waals surface area (Å²) in [6, 6.07) is 5.08. The molecule has 46 heavy (non-hydrogen) atoms. The number of hydrogen-bond donors (Lipinski definition) is 0. The first-order chi connectivity index (χ1) is 21.6. The third-order valence-electron chi connectivity index (χ3n) is 9.00. The Morgan fingerprint density at radius 3 is 2.52 bits per heavy atom. The Hall–Kier alpha value is -3.35. The molecule has 0 saturated carbocycles. The summed E-state index contributed by atoms with van der Waals surface area (Å²) < 4.78 is 17.3. The lowest BCUT2D eigenvalue weighted by atomic mass is 10.0. The van der Waals surface area contributed by atoms with E-state index in [0.29, 0.717) is 47.3 Å². The number of halogens is 1. The lowest BCUT2D eigenvalue weighted by molar-refractivity contribution is 0.0243. The van der Waals surface area contributed by atoms with Gasteiger partial charge in [-0.25, -0.2) is 4.79 Å². The summed E-state index contributed by atoms with van der Waals surface area (Å²) in [5.74, 6) is 0.609. The van der Waals surface area contributed by atoms with E-state index in [-0.39, 0.29) is 30.5 Å². The number of benzene rings is 1. The topological polar surface area (TPSA) is 99.6 Å². The Morgan fingerprint density at radius 1 is 1.07 bits per heavy atom. The molecule has 2 bridgehead atoms. The summed E-state index contributed by atoms with van der Waals surface area (Å²) in [6.45, 7) is 14.7. The normalized spacial score (nSPS) is 19.0. The van der Waals surface area contributed by atoms with E-state index in [0.717, 1.165) is 41.8 Å². The molecule has 0 spiro atoms.